The number of nitrogens with zero attached hydrogens (tertiary/aromatic N) is 2. The minimum atomic E-state index is -0.0803. The Morgan fingerprint density at radius 1 is 0.964 bits per heavy atom. The van der Waals surface area contributed by atoms with Crippen molar-refractivity contribution in [2.24, 2.45) is 0 Å². The van der Waals surface area contributed by atoms with Crippen molar-refractivity contribution < 1.29 is 0 Å². The highest BCUT2D eigenvalue weighted by molar-refractivity contribution is 7.98. The lowest BCUT2D eigenvalue weighted by atomic mass is 10.1. The second-order valence-electron chi connectivity index (χ2n) is 6.70. The van der Waals surface area contributed by atoms with Crippen LogP contribution < -0.4 is 5.56 Å². The Balaban J connectivity index is 1.90. The molecule has 0 radical (unpaired) electrons. The summed E-state index contributed by atoms with van der Waals surface area (Å²) < 4.78 is 1.72. The van der Waals surface area contributed by atoms with E-state index in [4.69, 9.17) is 16.6 Å². The molecule has 4 aromatic rings. The first-order valence-electron chi connectivity index (χ1n) is 9.00. The molecule has 0 unspecified atom stereocenters. The van der Waals surface area contributed by atoms with Gasteiger partial charge in [0.25, 0.3) is 5.56 Å². The van der Waals surface area contributed by atoms with Crippen molar-refractivity contribution in [1.82, 2.24) is 9.55 Å². The third-order valence-corrected chi connectivity index (χ3v) is 6.00. The lowest BCUT2D eigenvalue weighted by Crippen LogP contribution is -2.22. The van der Waals surface area contributed by atoms with Crippen LogP contribution in [0.1, 0.15) is 16.7 Å². The standard InChI is InChI=1S/C23H19ClN2OS/c1-15-7-3-5-9-17(15)14-28-23-25-20-13-18(24)11-12-19(20)22(27)26(23)21-10-6-4-8-16(21)2/h3-13H,14H2,1-2H3. The molecular weight excluding hydrogens is 388 g/mol. The Morgan fingerprint density at radius 3 is 2.43 bits per heavy atom. The van der Waals surface area contributed by atoms with Crippen molar-refractivity contribution in [3.63, 3.8) is 0 Å². The molecule has 0 aliphatic rings. The maximum Gasteiger partial charge on any atom is 0.266 e. The molecule has 0 aliphatic carbocycles. The van der Waals surface area contributed by atoms with Gasteiger partial charge in [-0.15, -0.1) is 0 Å². The molecule has 0 atom stereocenters. The highest BCUT2D eigenvalue weighted by Crippen LogP contribution is 2.27. The minimum absolute atomic E-state index is 0.0803. The zero-order chi connectivity index (χ0) is 19.7. The monoisotopic (exact) mass is 406 g/mol. The van der Waals surface area contributed by atoms with E-state index in [2.05, 4.69) is 19.1 Å². The number of rotatable bonds is 4. The van der Waals surface area contributed by atoms with E-state index in [0.717, 1.165) is 17.0 Å². The van der Waals surface area contributed by atoms with Crippen LogP contribution in [0.2, 0.25) is 5.02 Å². The van der Waals surface area contributed by atoms with Crippen LogP contribution >= 0.6 is 23.4 Å². The fraction of sp³-hybridized carbons (Fsp3) is 0.130. The molecule has 0 saturated carbocycles. The van der Waals surface area contributed by atoms with Gasteiger partial charge in [-0.25, -0.2) is 4.98 Å². The van der Waals surface area contributed by atoms with E-state index in [0.29, 0.717) is 21.1 Å². The predicted molar refractivity (Wildman–Crippen MR) is 118 cm³/mol. The van der Waals surface area contributed by atoms with E-state index in [1.54, 1.807) is 34.5 Å². The summed E-state index contributed by atoms with van der Waals surface area (Å²) in [5, 5.41) is 1.80. The molecule has 0 amide bonds. The Kier molecular flexibility index (Phi) is 5.25. The van der Waals surface area contributed by atoms with Gasteiger partial charge in [0, 0.05) is 10.8 Å². The molecule has 0 spiro atoms. The summed E-state index contributed by atoms with van der Waals surface area (Å²) in [6, 6.07) is 21.4. The number of benzene rings is 3. The highest BCUT2D eigenvalue weighted by atomic mass is 35.5. The number of aromatic nitrogens is 2. The number of aryl methyl sites for hydroxylation is 2. The van der Waals surface area contributed by atoms with Crippen LogP contribution in [0, 0.1) is 13.8 Å². The molecular formula is C23H19ClN2OS. The van der Waals surface area contributed by atoms with Crippen molar-refractivity contribution in [3.05, 3.63) is 98.8 Å². The fourth-order valence-electron chi connectivity index (χ4n) is 3.18. The van der Waals surface area contributed by atoms with E-state index < -0.39 is 0 Å². The Labute approximate surface area is 173 Å². The lowest BCUT2D eigenvalue weighted by molar-refractivity contribution is 0.814. The molecule has 0 aliphatic heterocycles. The first-order valence-corrected chi connectivity index (χ1v) is 10.4. The van der Waals surface area contributed by atoms with E-state index in [1.807, 2.05) is 43.3 Å². The second kappa shape index (κ2) is 7.82. The van der Waals surface area contributed by atoms with Crippen molar-refractivity contribution in [1.29, 1.82) is 0 Å². The van der Waals surface area contributed by atoms with Crippen LogP contribution in [0.4, 0.5) is 0 Å². The molecule has 0 fully saturated rings. The maximum atomic E-state index is 13.4. The van der Waals surface area contributed by atoms with Crippen LogP contribution in [0.15, 0.2) is 76.7 Å². The van der Waals surface area contributed by atoms with Crippen molar-refractivity contribution in [3.8, 4) is 5.69 Å². The minimum Gasteiger partial charge on any atom is -0.268 e. The maximum absolute atomic E-state index is 13.4. The van der Waals surface area contributed by atoms with Gasteiger partial charge < -0.3 is 0 Å². The van der Waals surface area contributed by atoms with E-state index >= 15 is 0 Å². The predicted octanol–water partition coefficient (Wildman–Crippen LogP) is 5.95. The van der Waals surface area contributed by atoms with Crippen molar-refractivity contribution in [2.75, 3.05) is 0 Å². The molecule has 0 N–H and O–H groups in total. The number of para-hydroxylation sites is 1. The third-order valence-electron chi connectivity index (χ3n) is 4.78. The first kappa shape index (κ1) is 18.8. The summed E-state index contributed by atoms with van der Waals surface area (Å²) in [4.78, 5) is 18.2. The Bertz CT molecular complexity index is 1230. The summed E-state index contributed by atoms with van der Waals surface area (Å²) in [5.41, 5.74) is 4.87. The summed E-state index contributed by atoms with van der Waals surface area (Å²) in [6.45, 7) is 4.10. The van der Waals surface area contributed by atoms with Gasteiger partial charge in [-0.3, -0.25) is 9.36 Å². The quantitative estimate of drug-likeness (QED) is 0.310. The Morgan fingerprint density at radius 2 is 1.68 bits per heavy atom. The number of fused-ring (bicyclic) bond motifs is 1. The normalized spacial score (nSPS) is 11.1. The van der Waals surface area contributed by atoms with E-state index in [-0.39, 0.29) is 5.56 Å². The average Bonchev–Trinajstić information content (AvgIpc) is 2.68. The number of hydrogen-bond acceptors (Lipinski definition) is 3. The van der Waals surface area contributed by atoms with E-state index in [9.17, 15) is 4.79 Å². The molecule has 0 bridgehead atoms. The summed E-state index contributed by atoms with van der Waals surface area (Å²) in [5.74, 6) is 0.733. The zero-order valence-corrected chi connectivity index (χ0v) is 17.2. The number of hydrogen-bond donors (Lipinski definition) is 0. The van der Waals surface area contributed by atoms with Crippen LogP contribution in [-0.4, -0.2) is 9.55 Å². The second-order valence-corrected chi connectivity index (χ2v) is 8.08. The third kappa shape index (κ3) is 3.58. The molecule has 28 heavy (non-hydrogen) atoms. The van der Waals surface area contributed by atoms with Crippen molar-refractivity contribution in [2.45, 2.75) is 24.8 Å². The molecule has 5 heteroatoms. The summed E-state index contributed by atoms with van der Waals surface area (Å²) in [7, 11) is 0. The Hall–Kier alpha value is -2.56. The molecule has 1 heterocycles. The lowest BCUT2D eigenvalue weighted by Gasteiger charge is -2.15. The average molecular weight is 407 g/mol. The van der Waals surface area contributed by atoms with Gasteiger partial charge in [0.15, 0.2) is 5.16 Å². The van der Waals surface area contributed by atoms with Crippen LogP contribution in [0.3, 0.4) is 0 Å². The first-order chi connectivity index (χ1) is 13.5. The van der Waals surface area contributed by atoms with Gasteiger partial charge in [-0.2, -0.15) is 0 Å². The van der Waals surface area contributed by atoms with Gasteiger partial charge in [0.1, 0.15) is 0 Å². The summed E-state index contributed by atoms with van der Waals surface area (Å²) >= 11 is 7.70. The topological polar surface area (TPSA) is 34.9 Å². The van der Waals surface area contributed by atoms with Crippen LogP contribution in [0.25, 0.3) is 16.6 Å². The molecule has 140 valence electrons. The van der Waals surface area contributed by atoms with Crippen LogP contribution in [0.5, 0.6) is 0 Å². The molecule has 4 rings (SSSR count). The summed E-state index contributed by atoms with van der Waals surface area (Å²) in [6.07, 6.45) is 0. The van der Waals surface area contributed by atoms with Crippen molar-refractivity contribution >= 4 is 34.3 Å². The smallest absolute Gasteiger partial charge is 0.266 e. The van der Waals surface area contributed by atoms with Gasteiger partial charge in [0.2, 0.25) is 0 Å². The molecule has 1 aromatic heterocycles. The number of thioether (sulfide) groups is 1. The molecule has 3 aromatic carbocycles. The SMILES string of the molecule is Cc1ccccc1CSc1nc2cc(Cl)ccc2c(=O)n1-c1ccccc1C. The van der Waals surface area contributed by atoms with Gasteiger partial charge >= 0.3 is 0 Å². The van der Waals surface area contributed by atoms with Gasteiger partial charge in [-0.1, -0.05) is 65.8 Å². The highest BCUT2D eigenvalue weighted by Gasteiger charge is 2.15. The van der Waals surface area contributed by atoms with Crippen LogP contribution in [-0.2, 0) is 5.75 Å². The zero-order valence-electron chi connectivity index (χ0n) is 15.6. The van der Waals surface area contributed by atoms with Gasteiger partial charge in [0.05, 0.1) is 16.6 Å². The molecule has 3 nitrogen and oxygen atoms in total. The van der Waals surface area contributed by atoms with Gasteiger partial charge in [-0.05, 0) is 54.8 Å². The molecule has 0 saturated heterocycles. The fourth-order valence-corrected chi connectivity index (χ4v) is 4.42. The van der Waals surface area contributed by atoms with E-state index in [1.165, 1.54) is 11.1 Å². The number of halogens is 1. The largest absolute Gasteiger partial charge is 0.268 e.